The largest absolute Gasteiger partial charge is 0.462 e. The fourth-order valence-corrected chi connectivity index (χ4v) is 2.84. The Morgan fingerprint density at radius 1 is 1.26 bits per heavy atom. The number of ether oxygens (including phenoxy) is 1. The third-order valence-corrected chi connectivity index (χ3v) is 3.86. The number of nitrogens with zero attached hydrogens (tertiary/aromatic N) is 3. The summed E-state index contributed by atoms with van der Waals surface area (Å²) < 4.78 is 7.20. The SMILES string of the molecule is CCOC(=O)c1cc2nc(C)n(CC)c2cc1N(CC)C(C)=O. The Kier molecular flexibility index (Phi) is 5.03. The molecule has 1 heterocycles. The van der Waals surface area contributed by atoms with E-state index in [4.69, 9.17) is 4.74 Å². The highest BCUT2D eigenvalue weighted by Crippen LogP contribution is 2.29. The van der Waals surface area contributed by atoms with Gasteiger partial charge in [0.1, 0.15) is 5.82 Å². The van der Waals surface area contributed by atoms with Crippen molar-refractivity contribution < 1.29 is 14.3 Å². The van der Waals surface area contributed by atoms with E-state index in [9.17, 15) is 9.59 Å². The van der Waals surface area contributed by atoms with E-state index in [1.165, 1.54) is 6.92 Å². The molecule has 2 rings (SSSR count). The predicted molar refractivity (Wildman–Crippen MR) is 89.8 cm³/mol. The van der Waals surface area contributed by atoms with Gasteiger partial charge in [-0.05, 0) is 39.8 Å². The van der Waals surface area contributed by atoms with Crippen LogP contribution in [0.15, 0.2) is 12.1 Å². The molecule has 0 atom stereocenters. The lowest BCUT2D eigenvalue weighted by Gasteiger charge is -2.22. The number of benzene rings is 1. The molecule has 0 spiro atoms. The van der Waals surface area contributed by atoms with Crippen molar-refractivity contribution in [3.05, 3.63) is 23.5 Å². The third kappa shape index (κ3) is 3.06. The number of amides is 1. The van der Waals surface area contributed by atoms with Gasteiger partial charge in [-0.15, -0.1) is 0 Å². The second kappa shape index (κ2) is 6.81. The third-order valence-electron chi connectivity index (χ3n) is 3.86. The van der Waals surface area contributed by atoms with E-state index in [2.05, 4.69) is 9.55 Å². The van der Waals surface area contributed by atoms with Crippen molar-refractivity contribution in [2.45, 2.75) is 41.2 Å². The summed E-state index contributed by atoms with van der Waals surface area (Å²) in [7, 11) is 0. The van der Waals surface area contributed by atoms with Crippen LogP contribution < -0.4 is 4.90 Å². The highest BCUT2D eigenvalue weighted by Gasteiger charge is 2.22. The Morgan fingerprint density at radius 2 is 1.96 bits per heavy atom. The van der Waals surface area contributed by atoms with Gasteiger partial charge in [-0.25, -0.2) is 9.78 Å². The summed E-state index contributed by atoms with van der Waals surface area (Å²) in [4.78, 5) is 30.4. The average molecular weight is 317 g/mol. The van der Waals surface area contributed by atoms with Crippen LogP contribution in [0.2, 0.25) is 0 Å². The molecule has 1 aromatic carbocycles. The Bertz CT molecular complexity index is 749. The Labute approximate surface area is 136 Å². The second-order valence-corrected chi connectivity index (χ2v) is 5.25. The summed E-state index contributed by atoms with van der Waals surface area (Å²) in [5.41, 5.74) is 2.58. The normalized spacial score (nSPS) is 10.8. The summed E-state index contributed by atoms with van der Waals surface area (Å²) in [5, 5.41) is 0. The predicted octanol–water partition coefficient (Wildman–Crippen LogP) is 2.91. The van der Waals surface area contributed by atoms with Crippen LogP contribution >= 0.6 is 0 Å². The lowest BCUT2D eigenvalue weighted by Crippen LogP contribution is -2.30. The first-order chi connectivity index (χ1) is 10.9. The summed E-state index contributed by atoms with van der Waals surface area (Å²) >= 11 is 0. The average Bonchev–Trinajstić information content (AvgIpc) is 2.81. The molecular formula is C17H23N3O3. The smallest absolute Gasteiger partial charge is 0.340 e. The summed E-state index contributed by atoms with van der Waals surface area (Å²) in [6.45, 7) is 10.6. The molecule has 1 amide bonds. The maximum absolute atomic E-state index is 12.3. The van der Waals surface area contributed by atoms with Crippen LogP contribution in [0.1, 0.15) is 43.9 Å². The molecule has 2 aromatic rings. The van der Waals surface area contributed by atoms with Crippen molar-refractivity contribution in [3.63, 3.8) is 0 Å². The number of imidazole rings is 1. The van der Waals surface area contributed by atoms with E-state index in [1.807, 2.05) is 26.8 Å². The molecule has 0 bridgehead atoms. The topological polar surface area (TPSA) is 64.4 Å². The molecule has 0 aliphatic heterocycles. The van der Waals surface area contributed by atoms with Gasteiger partial charge in [0.05, 0.1) is 28.9 Å². The molecule has 6 nitrogen and oxygen atoms in total. The van der Waals surface area contributed by atoms with Crippen LogP contribution in [-0.4, -0.2) is 34.6 Å². The number of carbonyl (C=O) groups excluding carboxylic acids is 2. The van der Waals surface area contributed by atoms with Gasteiger partial charge in [-0.3, -0.25) is 4.79 Å². The Morgan fingerprint density at radius 3 is 2.48 bits per heavy atom. The molecule has 6 heteroatoms. The quantitative estimate of drug-likeness (QED) is 0.795. The number of hydrogen-bond donors (Lipinski definition) is 0. The summed E-state index contributed by atoms with van der Waals surface area (Å²) in [5.74, 6) is 0.324. The molecule has 0 saturated carbocycles. The molecule has 0 N–H and O–H groups in total. The highest BCUT2D eigenvalue weighted by molar-refractivity contribution is 6.05. The number of rotatable bonds is 5. The Balaban J connectivity index is 2.75. The first kappa shape index (κ1) is 17.0. The van der Waals surface area contributed by atoms with Gasteiger partial charge >= 0.3 is 5.97 Å². The van der Waals surface area contributed by atoms with Gasteiger partial charge in [0.15, 0.2) is 0 Å². The fraction of sp³-hybridized carbons (Fsp3) is 0.471. The maximum Gasteiger partial charge on any atom is 0.340 e. The number of hydrogen-bond acceptors (Lipinski definition) is 4. The van der Waals surface area contributed by atoms with Gasteiger partial charge < -0.3 is 14.2 Å². The zero-order valence-electron chi connectivity index (χ0n) is 14.3. The van der Waals surface area contributed by atoms with E-state index in [0.29, 0.717) is 17.8 Å². The van der Waals surface area contributed by atoms with E-state index in [1.54, 1.807) is 17.9 Å². The van der Waals surface area contributed by atoms with Crippen molar-refractivity contribution in [1.29, 1.82) is 0 Å². The molecule has 0 aliphatic rings. The van der Waals surface area contributed by atoms with Crippen molar-refractivity contribution in [2.24, 2.45) is 0 Å². The molecule has 1 aromatic heterocycles. The first-order valence-electron chi connectivity index (χ1n) is 7.90. The number of carbonyl (C=O) groups is 2. The highest BCUT2D eigenvalue weighted by atomic mass is 16.5. The van der Waals surface area contributed by atoms with Crippen LogP contribution in [0, 0.1) is 6.92 Å². The first-order valence-corrected chi connectivity index (χ1v) is 7.90. The van der Waals surface area contributed by atoms with E-state index < -0.39 is 5.97 Å². The van der Waals surface area contributed by atoms with Crippen molar-refractivity contribution in [3.8, 4) is 0 Å². The van der Waals surface area contributed by atoms with Crippen molar-refractivity contribution in [2.75, 3.05) is 18.1 Å². The van der Waals surface area contributed by atoms with Gasteiger partial charge in [-0.1, -0.05) is 0 Å². The molecular weight excluding hydrogens is 294 g/mol. The Hall–Kier alpha value is -2.37. The zero-order valence-corrected chi connectivity index (χ0v) is 14.3. The van der Waals surface area contributed by atoms with Gasteiger partial charge in [-0.2, -0.15) is 0 Å². The molecule has 0 unspecified atom stereocenters. The maximum atomic E-state index is 12.3. The molecule has 124 valence electrons. The van der Waals surface area contributed by atoms with Crippen molar-refractivity contribution in [1.82, 2.24) is 9.55 Å². The number of esters is 1. The van der Waals surface area contributed by atoms with Crippen LogP contribution in [-0.2, 0) is 16.1 Å². The standard InChI is InChI=1S/C17H23N3O3/c1-6-19-11(4)18-14-9-13(17(22)23-8-3)15(10-16(14)19)20(7-2)12(5)21/h9-10H,6-8H2,1-5H3. The van der Waals surface area contributed by atoms with Gasteiger partial charge in [0, 0.05) is 20.0 Å². The van der Waals surface area contributed by atoms with E-state index in [-0.39, 0.29) is 12.5 Å². The number of aryl methyl sites for hydroxylation is 2. The molecule has 0 aliphatic carbocycles. The summed E-state index contributed by atoms with van der Waals surface area (Å²) in [6.07, 6.45) is 0. The van der Waals surface area contributed by atoms with Gasteiger partial charge in [0.25, 0.3) is 0 Å². The van der Waals surface area contributed by atoms with E-state index >= 15 is 0 Å². The second-order valence-electron chi connectivity index (χ2n) is 5.25. The van der Waals surface area contributed by atoms with Crippen LogP contribution in [0.25, 0.3) is 11.0 Å². The lowest BCUT2D eigenvalue weighted by molar-refractivity contribution is -0.116. The molecule has 0 radical (unpaired) electrons. The van der Waals surface area contributed by atoms with E-state index in [0.717, 1.165) is 23.4 Å². The minimum atomic E-state index is -0.437. The number of fused-ring (bicyclic) bond motifs is 1. The van der Waals surface area contributed by atoms with Gasteiger partial charge in [0.2, 0.25) is 5.91 Å². The minimum absolute atomic E-state index is 0.114. The zero-order chi connectivity index (χ0) is 17.1. The van der Waals surface area contributed by atoms with Crippen LogP contribution in [0.3, 0.4) is 0 Å². The number of anilines is 1. The number of aromatic nitrogens is 2. The summed E-state index contributed by atoms with van der Waals surface area (Å²) in [6, 6.07) is 3.57. The van der Waals surface area contributed by atoms with Crippen molar-refractivity contribution >= 4 is 28.6 Å². The molecule has 23 heavy (non-hydrogen) atoms. The molecule has 0 saturated heterocycles. The molecule has 0 fully saturated rings. The fourth-order valence-electron chi connectivity index (χ4n) is 2.84. The lowest BCUT2D eigenvalue weighted by atomic mass is 10.1. The van der Waals surface area contributed by atoms with Crippen LogP contribution in [0.5, 0.6) is 0 Å². The monoisotopic (exact) mass is 317 g/mol. The minimum Gasteiger partial charge on any atom is -0.462 e. The van der Waals surface area contributed by atoms with Crippen LogP contribution in [0.4, 0.5) is 5.69 Å².